The number of aliphatic hydroxyl groups is 1. The van der Waals surface area contributed by atoms with Crippen LogP contribution in [0, 0.1) is 5.41 Å². The third kappa shape index (κ3) is 3.71. The standard InChI is InChI=1S/C15H22ClNO/c1-15(2)8-10-17(11-15)9-7-14(18)12-3-5-13(16)6-4-12/h3-6,14,18H,7-11H2,1-2H3. The van der Waals surface area contributed by atoms with Gasteiger partial charge in [0.25, 0.3) is 0 Å². The second kappa shape index (κ2) is 5.60. The van der Waals surface area contributed by atoms with E-state index >= 15 is 0 Å². The van der Waals surface area contributed by atoms with Gasteiger partial charge in [-0.15, -0.1) is 0 Å². The fraction of sp³-hybridized carbons (Fsp3) is 0.600. The average molecular weight is 268 g/mol. The Hall–Kier alpha value is -0.570. The fourth-order valence-corrected chi connectivity index (χ4v) is 2.70. The predicted molar refractivity (Wildman–Crippen MR) is 75.9 cm³/mol. The van der Waals surface area contributed by atoms with Crippen LogP contribution in [0.4, 0.5) is 0 Å². The van der Waals surface area contributed by atoms with Gasteiger partial charge in [0.15, 0.2) is 0 Å². The number of halogens is 1. The number of benzene rings is 1. The topological polar surface area (TPSA) is 23.5 Å². The normalized spacial score (nSPS) is 21.1. The molecule has 1 aliphatic rings. The molecule has 18 heavy (non-hydrogen) atoms. The lowest BCUT2D eigenvalue weighted by Gasteiger charge is -2.21. The van der Waals surface area contributed by atoms with Crippen LogP contribution in [0.5, 0.6) is 0 Å². The Morgan fingerprint density at radius 1 is 1.33 bits per heavy atom. The maximum absolute atomic E-state index is 10.1. The summed E-state index contributed by atoms with van der Waals surface area (Å²) in [4.78, 5) is 2.44. The zero-order chi connectivity index (χ0) is 13.2. The Balaban J connectivity index is 1.82. The van der Waals surface area contributed by atoms with E-state index in [1.165, 1.54) is 6.42 Å². The zero-order valence-corrected chi connectivity index (χ0v) is 12.0. The van der Waals surface area contributed by atoms with E-state index in [2.05, 4.69) is 18.7 Å². The molecule has 1 aromatic rings. The van der Waals surface area contributed by atoms with Crippen molar-refractivity contribution >= 4 is 11.6 Å². The van der Waals surface area contributed by atoms with E-state index in [9.17, 15) is 5.11 Å². The van der Waals surface area contributed by atoms with Crippen LogP contribution in [0.15, 0.2) is 24.3 Å². The van der Waals surface area contributed by atoms with E-state index in [1.807, 2.05) is 24.3 Å². The van der Waals surface area contributed by atoms with E-state index in [1.54, 1.807) is 0 Å². The Labute approximate surface area is 115 Å². The Bertz CT molecular complexity index is 388. The van der Waals surface area contributed by atoms with Crippen molar-refractivity contribution in [2.75, 3.05) is 19.6 Å². The van der Waals surface area contributed by atoms with Gasteiger partial charge in [0.2, 0.25) is 0 Å². The van der Waals surface area contributed by atoms with Gasteiger partial charge in [-0.3, -0.25) is 0 Å². The van der Waals surface area contributed by atoms with Crippen LogP contribution < -0.4 is 0 Å². The summed E-state index contributed by atoms with van der Waals surface area (Å²) in [5.74, 6) is 0. The van der Waals surface area contributed by atoms with Crippen LogP contribution in [0.3, 0.4) is 0 Å². The van der Waals surface area contributed by atoms with Crippen molar-refractivity contribution in [1.29, 1.82) is 0 Å². The van der Waals surface area contributed by atoms with Crippen LogP contribution in [-0.4, -0.2) is 29.6 Å². The molecule has 1 saturated heterocycles. The molecular weight excluding hydrogens is 246 g/mol. The third-order valence-corrected chi connectivity index (χ3v) is 3.98. The van der Waals surface area contributed by atoms with Crippen molar-refractivity contribution in [2.24, 2.45) is 5.41 Å². The van der Waals surface area contributed by atoms with Gasteiger partial charge >= 0.3 is 0 Å². The Kier molecular flexibility index (Phi) is 4.31. The molecule has 0 aromatic heterocycles. The SMILES string of the molecule is CC1(C)CCN(CCC(O)c2ccc(Cl)cc2)C1. The first-order valence-electron chi connectivity index (χ1n) is 6.62. The lowest BCUT2D eigenvalue weighted by molar-refractivity contribution is 0.146. The average Bonchev–Trinajstić information content (AvgIpc) is 2.67. The van der Waals surface area contributed by atoms with E-state index in [-0.39, 0.29) is 6.10 Å². The first kappa shape index (κ1) is 13.9. The van der Waals surface area contributed by atoms with Crippen LogP contribution in [0.2, 0.25) is 5.02 Å². The molecule has 1 unspecified atom stereocenters. The molecule has 1 aromatic carbocycles. The summed E-state index contributed by atoms with van der Waals surface area (Å²) >= 11 is 5.84. The molecular formula is C15H22ClNO. The van der Waals surface area contributed by atoms with Crippen molar-refractivity contribution in [3.8, 4) is 0 Å². The predicted octanol–water partition coefficient (Wildman–Crippen LogP) is 3.50. The Morgan fingerprint density at radius 2 is 2.00 bits per heavy atom. The van der Waals surface area contributed by atoms with Gasteiger partial charge < -0.3 is 10.0 Å². The first-order valence-corrected chi connectivity index (χ1v) is 7.00. The number of aliphatic hydroxyl groups excluding tert-OH is 1. The molecule has 2 nitrogen and oxygen atoms in total. The van der Waals surface area contributed by atoms with Gasteiger partial charge in [-0.1, -0.05) is 37.6 Å². The summed E-state index contributed by atoms with van der Waals surface area (Å²) in [5, 5.41) is 10.8. The molecule has 0 aliphatic carbocycles. The van der Waals surface area contributed by atoms with Crippen molar-refractivity contribution in [3.63, 3.8) is 0 Å². The highest BCUT2D eigenvalue weighted by atomic mass is 35.5. The molecule has 0 saturated carbocycles. The van der Waals surface area contributed by atoms with E-state index < -0.39 is 0 Å². The van der Waals surface area contributed by atoms with Crippen molar-refractivity contribution < 1.29 is 5.11 Å². The summed E-state index contributed by atoms with van der Waals surface area (Å²) in [6.45, 7) is 7.87. The maximum atomic E-state index is 10.1. The molecule has 1 N–H and O–H groups in total. The molecule has 1 fully saturated rings. The number of nitrogens with zero attached hydrogens (tertiary/aromatic N) is 1. The molecule has 0 radical (unpaired) electrons. The van der Waals surface area contributed by atoms with Crippen LogP contribution >= 0.6 is 11.6 Å². The summed E-state index contributed by atoms with van der Waals surface area (Å²) in [7, 11) is 0. The van der Waals surface area contributed by atoms with Gasteiger partial charge in [0.05, 0.1) is 6.10 Å². The fourth-order valence-electron chi connectivity index (χ4n) is 2.57. The Morgan fingerprint density at radius 3 is 2.56 bits per heavy atom. The highest BCUT2D eigenvalue weighted by molar-refractivity contribution is 6.30. The van der Waals surface area contributed by atoms with Crippen molar-refractivity contribution in [3.05, 3.63) is 34.9 Å². The van der Waals surface area contributed by atoms with Crippen molar-refractivity contribution in [2.45, 2.75) is 32.8 Å². The van der Waals surface area contributed by atoms with E-state index in [0.29, 0.717) is 10.4 Å². The molecule has 0 bridgehead atoms. The molecule has 0 spiro atoms. The third-order valence-electron chi connectivity index (χ3n) is 3.73. The molecule has 1 atom stereocenters. The molecule has 100 valence electrons. The monoisotopic (exact) mass is 267 g/mol. The number of rotatable bonds is 4. The van der Waals surface area contributed by atoms with E-state index in [4.69, 9.17) is 11.6 Å². The van der Waals surface area contributed by atoms with Gasteiger partial charge in [-0.25, -0.2) is 0 Å². The minimum absolute atomic E-state index is 0.383. The number of hydrogen-bond acceptors (Lipinski definition) is 2. The van der Waals surface area contributed by atoms with Crippen LogP contribution in [0.25, 0.3) is 0 Å². The second-order valence-electron chi connectivity index (χ2n) is 6.05. The molecule has 1 heterocycles. The van der Waals surface area contributed by atoms with Crippen LogP contribution in [-0.2, 0) is 0 Å². The van der Waals surface area contributed by atoms with Gasteiger partial charge in [0, 0.05) is 18.1 Å². The maximum Gasteiger partial charge on any atom is 0.0802 e. The van der Waals surface area contributed by atoms with Crippen LogP contribution in [0.1, 0.15) is 38.4 Å². The zero-order valence-electron chi connectivity index (χ0n) is 11.2. The summed E-state index contributed by atoms with van der Waals surface area (Å²) in [6.07, 6.45) is 1.66. The number of hydrogen-bond donors (Lipinski definition) is 1. The highest BCUT2D eigenvalue weighted by Crippen LogP contribution is 2.29. The molecule has 3 heteroatoms. The van der Waals surface area contributed by atoms with Gasteiger partial charge in [-0.05, 0) is 42.5 Å². The van der Waals surface area contributed by atoms with Gasteiger partial charge in [0.1, 0.15) is 0 Å². The minimum Gasteiger partial charge on any atom is -0.388 e. The summed E-state index contributed by atoms with van der Waals surface area (Å²) in [6, 6.07) is 7.47. The molecule has 1 aliphatic heterocycles. The quantitative estimate of drug-likeness (QED) is 0.903. The van der Waals surface area contributed by atoms with Crippen molar-refractivity contribution in [1.82, 2.24) is 4.90 Å². The smallest absolute Gasteiger partial charge is 0.0802 e. The molecule has 0 amide bonds. The first-order chi connectivity index (χ1) is 8.46. The summed E-state index contributed by atoms with van der Waals surface area (Å²) < 4.78 is 0. The number of likely N-dealkylation sites (tertiary alicyclic amines) is 1. The highest BCUT2D eigenvalue weighted by Gasteiger charge is 2.28. The van der Waals surface area contributed by atoms with Gasteiger partial charge in [-0.2, -0.15) is 0 Å². The van der Waals surface area contributed by atoms with E-state index in [0.717, 1.165) is 31.6 Å². The lowest BCUT2D eigenvalue weighted by atomic mass is 9.93. The largest absolute Gasteiger partial charge is 0.388 e. The minimum atomic E-state index is -0.383. The molecule has 2 rings (SSSR count). The lowest BCUT2D eigenvalue weighted by Crippen LogP contribution is -2.25. The second-order valence-corrected chi connectivity index (χ2v) is 6.48. The summed E-state index contributed by atoms with van der Waals surface area (Å²) in [5.41, 5.74) is 1.39.